The molecule has 0 aliphatic carbocycles. The van der Waals surface area contributed by atoms with Crippen molar-refractivity contribution in [2.75, 3.05) is 0 Å². The van der Waals surface area contributed by atoms with Crippen LogP contribution in [-0.2, 0) is 13.1 Å². The van der Waals surface area contributed by atoms with Gasteiger partial charge in [0.05, 0.1) is 6.54 Å². The summed E-state index contributed by atoms with van der Waals surface area (Å²) in [6.07, 6.45) is 3.60. The van der Waals surface area contributed by atoms with Gasteiger partial charge < -0.3 is 10.3 Å². The number of aryl methyl sites for hydroxylation is 1. The predicted molar refractivity (Wildman–Crippen MR) is 68.0 cm³/mol. The molecule has 0 bridgehead atoms. The van der Waals surface area contributed by atoms with Crippen molar-refractivity contribution in [1.29, 1.82) is 0 Å². The highest BCUT2D eigenvalue weighted by Gasteiger charge is 1.98. The Balaban J connectivity index is 1.87. The minimum Gasteiger partial charge on any atom is -0.348 e. The topological polar surface area (TPSA) is 40.7 Å². The number of nitrogens with zero attached hydrogens (tertiary/aromatic N) is 1. The Morgan fingerprint density at radius 3 is 2.94 bits per heavy atom. The van der Waals surface area contributed by atoms with Gasteiger partial charge in [0.25, 0.3) is 0 Å². The molecule has 0 spiro atoms. The van der Waals surface area contributed by atoms with Crippen LogP contribution in [0.3, 0.4) is 0 Å². The second-order valence-corrected chi connectivity index (χ2v) is 4.58. The molecule has 0 saturated heterocycles. The minimum absolute atomic E-state index is 0.766. The molecule has 1 aromatic carbocycles. The van der Waals surface area contributed by atoms with Gasteiger partial charge in [-0.1, -0.05) is 28.1 Å². The maximum absolute atomic E-state index is 4.15. The summed E-state index contributed by atoms with van der Waals surface area (Å²) in [4.78, 5) is 7.22. The smallest absolute Gasteiger partial charge is 0.120 e. The zero-order valence-corrected chi connectivity index (χ0v) is 10.7. The lowest BCUT2D eigenvalue weighted by atomic mass is 10.1. The van der Waals surface area contributed by atoms with Crippen molar-refractivity contribution in [2.24, 2.45) is 0 Å². The number of aromatic amines is 1. The highest BCUT2D eigenvalue weighted by molar-refractivity contribution is 9.10. The molecule has 4 heteroatoms. The van der Waals surface area contributed by atoms with E-state index in [2.05, 4.69) is 56.3 Å². The second-order valence-electron chi connectivity index (χ2n) is 3.72. The normalized spacial score (nSPS) is 10.6. The lowest BCUT2D eigenvalue weighted by Crippen LogP contribution is -2.13. The second kappa shape index (κ2) is 5.27. The lowest BCUT2D eigenvalue weighted by Gasteiger charge is -2.05. The van der Waals surface area contributed by atoms with Gasteiger partial charge in [0.2, 0.25) is 0 Å². The monoisotopic (exact) mass is 279 g/mol. The van der Waals surface area contributed by atoms with E-state index in [4.69, 9.17) is 0 Å². The third-order valence-corrected chi connectivity index (χ3v) is 3.29. The summed E-state index contributed by atoms with van der Waals surface area (Å²) in [5, 5.41) is 3.34. The minimum atomic E-state index is 0.766. The highest BCUT2D eigenvalue weighted by atomic mass is 79.9. The van der Waals surface area contributed by atoms with E-state index in [1.807, 2.05) is 6.20 Å². The number of hydrogen-bond acceptors (Lipinski definition) is 2. The molecular formula is C12H14BrN3. The van der Waals surface area contributed by atoms with Crippen LogP contribution >= 0.6 is 15.9 Å². The van der Waals surface area contributed by atoms with Crippen molar-refractivity contribution in [2.45, 2.75) is 20.0 Å². The molecule has 0 fully saturated rings. The van der Waals surface area contributed by atoms with Crippen LogP contribution in [0.4, 0.5) is 0 Å². The van der Waals surface area contributed by atoms with Crippen LogP contribution in [0.15, 0.2) is 35.1 Å². The van der Waals surface area contributed by atoms with E-state index < -0.39 is 0 Å². The number of hydrogen-bond donors (Lipinski definition) is 2. The summed E-state index contributed by atoms with van der Waals surface area (Å²) in [5.41, 5.74) is 2.55. The summed E-state index contributed by atoms with van der Waals surface area (Å²) in [6, 6.07) is 6.38. The van der Waals surface area contributed by atoms with Crippen molar-refractivity contribution in [3.63, 3.8) is 0 Å². The van der Waals surface area contributed by atoms with Crippen LogP contribution < -0.4 is 5.32 Å². The third kappa shape index (κ3) is 2.93. The molecule has 16 heavy (non-hydrogen) atoms. The van der Waals surface area contributed by atoms with E-state index in [1.54, 1.807) is 6.20 Å². The first-order valence-electron chi connectivity index (χ1n) is 5.20. The average Bonchev–Trinajstić information content (AvgIpc) is 2.76. The molecule has 0 radical (unpaired) electrons. The van der Waals surface area contributed by atoms with Crippen LogP contribution in [-0.4, -0.2) is 9.97 Å². The fourth-order valence-electron chi connectivity index (χ4n) is 1.54. The van der Waals surface area contributed by atoms with E-state index in [0.717, 1.165) is 23.4 Å². The Morgan fingerprint density at radius 2 is 2.25 bits per heavy atom. The van der Waals surface area contributed by atoms with Gasteiger partial charge in [-0.2, -0.15) is 0 Å². The third-order valence-electron chi connectivity index (χ3n) is 2.40. The van der Waals surface area contributed by atoms with Gasteiger partial charge in [-0.3, -0.25) is 0 Å². The standard InChI is InChI=1S/C12H14BrN3/c1-9-6-10(2-3-11(9)13)7-14-8-12-15-4-5-16-12/h2-6,14H,7-8H2,1H3,(H,15,16). The Labute approximate surface area is 103 Å². The fraction of sp³-hybridized carbons (Fsp3) is 0.250. The summed E-state index contributed by atoms with van der Waals surface area (Å²) in [5.74, 6) is 0.967. The molecule has 2 N–H and O–H groups in total. The number of aromatic nitrogens is 2. The number of H-pyrrole nitrogens is 1. The van der Waals surface area contributed by atoms with Gasteiger partial charge in [0.1, 0.15) is 5.82 Å². The molecule has 0 saturated carbocycles. The van der Waals surface area contributed by atoms with Crippen LogP contribution in [0.1, 0.15) is 17.0 Å². The van der Waals surface area contributed by atoms with E-state index in [1.165, 1.54) is 11.1 Å². The van der Waals surface area contributed by atoms with E-state index in [9.17, 15) is 0 Å². The van der Waals surface area contributed by atoms with E-state index in [0.29, 0.717) is 0 Å². The zero-order chi connectivity index (χ0) is 11.4. The van der Waals surface area contributed by atoms with Crippen molar-refractivity contribution < 1.29 is 0 Å². The molecule has 0 atom stereocenters. The van der Waals surface area contributed by atoms with Crippen LogP contribution in [0.2, 0.25) is 0 Å². The predicted octanol–water partition coefficient (Wildman–Crippen LogP) is 2.77. The average molecular weight is 280 g/mol. The van der Waals surface area contributed by atoms with Gasteiger partial charge in [0.15, 0.2) is 0 Å². The van der Waals surface area contributed by atoms with E-state index in [-0.39, 0.29) is 0 Å². The molecule has 0 unspecified atom stereocenters. The largest absolute Gasteiger partial charge is 0.348 e. The lowest BCUT2D eigenvalue weighted by molar-refractivity contribution is 0.668. The maximum Gasteiger partial charge on any atom is 0.120 e. The molecule has 0 amide bonds. The first kappa shape index (κ1) is 11.4. The quantitative estimate of drug-likeness (QED) is 0.904. The van der Waals surface area contributed by atoms with Crippen LogP contribution in [0.25, 0.3) is 0 Å². The summed E-state index contributed by atoms with van der Waals surface area (Å²) in [6.45, 7) is 3.72. The van der Waals surface area contributed by atoms with Gasteiger partial charge in [-0.15, -0.1) is 0 Å². The summed E-state index contributed by atoms with van der Waals surface area (Å²) >= 11 is 3.49. The van der Waals surface area contributed by atoms with Crippen molar-refractivity contribution in [3.8, 4) is 0 Å². The van der Waals surface area contributed by atoms with Crippen molar-refractivity contribution in [3.05, 3.63) is 52.0 Å². The Kier molecular flexibility index (Phi) is 3.74. The van der Waals surface area contributed by atoms with Gasteiger partial charge in [-0.05, 0) is 24.1 Å². The number of halogens is 1. The molecule has 0 aliphatic rings. The zero-order valence-electron chi connectivity index (χ0n) is 9.13. The van der Waals surface area contributed by atoms with Crippen molar-refractivity contribution in [1.82, 2.24) is 15.3 Å². The van der Waals surface area contributed by atoms with Gasteiger partial charge >= 0.3 is 0 Å². The molecule has 1 heterocycles. The first-order chi connectivity index (χ1) is 7.75. The first-order valence-corrected chi connectivity index (χ1v) is 5.99. The fourth-order valence-corrected chi connectivity index (χ4v) is 1.78. The van der Waals surface area contributed by atoms with Gasteiger partial charge in [0, 0.05) is 23.4 Å². The van der Waals surface area contributed by atoms with Crippen LogP contribution in [0, 0.1) is 6.92 Å². The molecule has 84 valence electrons. The molecular weight excluding hydrogens is 266 g/mol. The molecule has 0 aliphatic heterocycles. The van der Waals surface area contributed by atoms with Crippen LogP contribution in [0.5, 0.6) is 0 Å². The van der Waals surface area contributed by atoms with Gasteiger partial charge in [-0.25, -0.2) is 4.98 Å². The molecule has 3 nitrogen and oxygen atoms in total. The Hall–Kier alpha value is -1.13. The SMILES string of the molecule is Cc1cc(CNCc2ncc[nH]2)ccc1Br. The number of nitrogens with one attached hydrogen (secondary N) is 2. The number of rotatable bonds is 4. The molecule has 2 aromatic rings. The number of imidazole rings is 1. The molecule has 2 rings (SSSR count). The summed E-state index contributed by atoms with van der Waals surface area (Å²) in [7, 11) is 0. The van der Waals surface area contributed by atoms with Crippen molar-refractivity contribution >= 4 is 15.9 Å². The van der Waals surface area contributed by atoms with E-state index >= 15 is 0 Å². The highest BCUT2D eigenvalue weighted by Crippen LogP contribution is 2.16. The maximum atomic E-state index is 4.15. The number of benzene rings is 1. The summed E-state index contributed by atoms with van der Waals surface area (Å²) < 4.78 is 1.15. The molecule has 1 aromatic heterocycles. The Morgan fingerprint density at radius 1 is 1.38 bits per heavy atom. The Bertz CT molecular complexity index is 451.